The Hall–Kier alpha value is 0.1000. The second kappa shape index (κ2) is 3.35. The molecule has 13 heavy (non-hydrogen) atoms. The lowest BCUT2D eigenvalue weighted by Gasteiger charge is -2.20. The third kappa shape index (κ3) is 1.96. The van der Waals surface area contributed by atoms with Gasteiger partial charge in [-0.1, -0.05) is 22.9 Å². The SMILES string of the molecule is CCS(=O)(=O)[C@](C)(Br)C(=O)C1CC1. The van der Waals surface area contributed by atoms with E-state index in [0.29, 0.717) is 0 Å². The first kappa shape index (κ1) is 11.2. The van der Waals surface area contributed by atoms with E-state index in [-0.39, 0.29) is 17.5 Å². The zero-order valence-electron chi connectivity index (χ0n) is 7.71. The van der Waals surface area contributed by atoms with E-state index in [0.717, 1.165) is 12.8 Å². The average molecular weight is 269 g/mol. The van der Waals surface area contributed by atoms with Crippen LogP contribution >= 0.6 is 15.9 Å². The first-order valence-electron chi connectivity index (χ1n) is 4.28. The number of sulfone groups is 1. The Morgan fingerprint density at radius 1 is 1.54 bits per heavy atom. The van der Waals surface area contributed by atoms with Crippen LogP contribution in [0.5, 0.6) is 0 Å². The lowest BCUT2D eigenvalue weighted by atomic mass is 10.2. The molecular formula is C8H13BrO3S. The van der Waals surface area contributed by atoms with Crippen molar-refractivity contribution in [3.63, 3.8) is 0 Å². The molecule has 0 amide bonds. The van der Waals surface area contributed by atoms with Gasteiger partial charge in [0.1, 0.15) is 0 Å². The fourth-order valence-corrected chi connectivity index (χ4v) is 3.16. The maximum absolute atomic E-state index is 11.6. The first-order chi connectivity index (χ1) is 5.83. The summed E-state index contributed by atoms with van der Waals surface area (Å²) in [6, 6.07) is 0. The Morgan fingerprint density at radius 3 is 2.31 bits per heavy atom. The first-order valence-corrected chi connectivity index (χ1v) is 6.73. The summed E-state index contributed by atoms with van der Waals surface area (Å²) in [5, 5.41) is 0. The molecule has 76 valence electrons. The van der Waals surface area contributed by atoms with E-state index in [1.807, 2.05) is 0 Å². The number of hydrogen-bond donors (Lipinski definition) is 0. The van der Waals surface area contributed by atoms with Crippen LogP contribution in [0.4, 0.5) is 0 Å². The van der Waals surface area contributed by atoms with Crippen LogP contribution < -0.4 is 0 Å². The van der Waals surface area contributed by atoms with Gasteiger partial charge in [0, 0.05) is 11.7 Å². The molecule has 1 saturated carbocycles. The number of alkyl halides is 1. The van der Waals surface area contributed by atoms with Crippen molar-refractivity contribution in [3.8, 4) is 0 Å². The summed E-state index contributed by atoms with van der Waals surface area (Å²) < 4.78 is 21.7. The van der Waals surface area contributed by atoms with E-state index >= 15 is 0 Å². The third-order valence-corrected chi connectivity index (χ3v) is 6.35. The van der Waals surface area contributed by atoms with Crippen LogP contribution in [0.25, 0.3) is 0 Å². The van der Waals surface area contributed by atoms with E-state index in [4.69, 9.17) is 0 Å². The number of halogens is 1. The van der Waals surface area contributed by atoms with Gasteiger partial charge in [-0.3, -0.25) is 4.79 Å². The highest BCUT2D eigenvalue weighted by Crippen LogP contribution is 2.39. The molecule has 0 aliphatic heterocycles. The number of carbonyl (C=O) groups is 1. The Balaban J connectivity index is 2.92. The normalized spacial score (nSPS) is 22.4. The number of carbonyl (C=O) groups excluding carboxylic acids is 1. The van der Waals surface area contributed by atoms with E-state index in [2.05, 4.69) is 15.9 Å². The molecule has 0 bridgehead atoms. The quantitative estimate of drug-likeness (QED) is 0.727. The summed E-state index contributed by atoms with van der Waals surface area (Å²) in [7, 11) is -3.33. The lowest BCUT2D eigenvalue weighted by molar-refractivity contribution is -0.120. The fourth-order valence-electron chi connectivity index (χ4n) is 1.13. The average Bonchev–Trinajstić information content (AvgIpc) is 2.85. The maximum Gasteiger partial charge on any atom is 0.182 e. The number of Topliss-reactive ketones (excluding diaryl/α,β-unsaturated/α-hetero) is 1. The largest absolute Gasteiger partial charge is 0.297 e. The molecule has 0 heterocycles. The van der Waals surface area contributed by atoms with Crippen molar-refractivity contribution in [1.29, 1.82) is 0 Å². The molecule has 3 nitrogen and oxygen atoms in total. The van der Waals surface area contributed by atoms with Crippen LogP contribution in [0.3, 0.4) is 0 Å². The van der Waals surface area contributed by atoms with Crippen molar-refractivity contribution in [2.45, 2.75) is 30.3 Å². The zero-order valence-corrected chi connectivity index (χ0v) is 10.1. The minimum atomic E-state index is -3.33. The van der Waals surface area contributed by atoms with Gasteiger partial charge < -0.3 is 0 Å². The van der Waals surface area contributed by atoms with Crippen LogP contribution in [-0.2, 0) is 14.6 Å². The van der Waals surface area contributed by atoms with E-state index in [1.165, 1.54) is 6.92 Å². The summed E-state index contributed by atoms with van der Waals surface area (Å²) in [5.74, 6) is -0.229. The molecule has 0 aromatic rings. The van der Waals surface area contributed by atoms with Gasteiger partial charge in [-0.05, 0) is 19.8 Å². The number of rotatable bonds is 4. The second-order valence-corrected chi connectivity index (χ2v) is 8.19. The van der Waals surface area contributed by atoms with Gasteiger partial charge in [0.25, 0.3) is 0 Å². The Bertz CT molecular complexity index is 314. The van der Waals surface area contributed by atoms with Gasteiger partial charge in [0.05, 0.1) is 0 Å². The molecule has 0 aromatic heterocycles. The predicted octanol–water partition coefficient (Wildman–Crippen LogP) is 1.51. The zero-order chi connectivity index (χ0) is 10.3. The van der Waals surface area contributed by atoms with E-state index < -0.39 is 13.5 Å². The van der Waals surface area contributed by atoms with E-state index in [9.17, 15) is 13.2 Å². The van der Waals surface area contributed by atoms with Crippen molar-refractivity contribution in [2.75, 3.05) is 5.75 Å². The molecule has 0 saturated heterocycles. The Labute approximate surface area is 86.9 Å². The highest BCUT2D eigenvalue weighted by Gasteiger charge is 2.48. The van der Waals surface area contributed by atoms with Crippen LogP contribution in [-0.4, -0.2) is 23.6 Å². The topological polar surface area (TPSA) is 51.2 Å². The lowest BCUT2D eigenvalue weighted by Crippen LogP contribution is -2.39. The fraction of sp³-hybridized carbons (Fsp3) is 0.875. The molecule has 5 heteroatoms. The van der Waals surface area contributed by atoms with Gasteiger partial charge in [0.2, 0.25) is 0 Å². The predicted molar refractivity (Wildman–Crippen MR) is 54.5 cm³/mol. The van der Waals surface area contributed by atoms with Crippen LogP contribution in [0.2, 0.25) is 0 Å². The van der Waals surface area contributed by atoms with Crippen molar-refractivity contribution in [1.82, 2.24) is 0 Å². The molecule has 1 aliphatic rings. The molecule has 1 rings (SSSR count). The van der Waals surface area contributed by atoms with Crippen molar-refractivity contribution >= 4 is 31.6 Å². The van der Waals surface area contributed by atoms with Gasteiger partial charge in [-0.15, -0.1) is 0 Å². The molecule has 0 radical (unpaired) electrons. The smallest absolute Gasteiger partial charge is 0.182 e. The van der Waals surface area contributed by atoms with Crippen molar-refractivity contribution < 1.29 is 13.2 Å². The van der Waals surface area contributed by atoms with Crippen molar-refractivity contribution in [2.24, 2.45) is 5.92 Å². The maximum atomic E-state index is 11.6. The van der Waals surface area contributed by atoms with E-state index in [1.54, 1.807) is 6.92 Å². The molecule has 0 N–H and O–H groups in total. The van der Waals surface area contributed by atoms with Gasteiger partial charge in [0.15, 0.2) is 19.3 Å². The number of hydrogen-bond acceptors (Lipinski definition) is 3. The highest BCUT2D eigenvalue weighted by molar-refractivity contribution is 9.12. The molecule has 0 spiro atoms. The molecule has 0 unspecified atom stereocenters. The van der Waals surface area contributed by atoms with Gasteiger partial charge in [-0.25, -0.2) is 8.42 Å². The molecule has 1 atom stereocenters. The summed E-state index contributed by atoms with van der Waals surface area (Å²) in [6.45, 7) is 2.99. The standard InChI is InChI=1S/C8H13BrO3S/c1-3-13(11,12)8(2,9)7(10)6-4-5-6/h6H,3-5H2,1-2H3/t8-/m0/s1. The van der Waals surface area contributed by atoms with Crippen LogP contribution in [0.15, 0.2) is 0 Å². The summed E-state index contributed by atoms with van der Waals surface area (Å²) in [6.07, 6.45) is 1.67. The second-order valence-electron chi connectivity index (χ2n) is 3.46. The van der Waals surface area contributed by atoms with Gasteiger partial charge >= 0.3 is 0 Å². The summed E-state index contributed by atoms with van der Waals surface area (Å²) in [5.41, 5.74) is 0. The molecule has 1 fully saturated rings. The highest BCUT2D eigenvalue weighted by atomic mass is 79.9. The summed E-state index contributed by atoms with van der Waals surface area (Å²) >= 11 is 3.03. The Kier molecular flexibility index (Phi) is 2.88. The van der Waals surface area contributed by atoms with Crippen LogP contribution in [0, 0.1) is 5.92 Å². The number of ketones is 1. The van der Waals surface area contributed by atoms with Gasteiger partial charge in [-0.2, -0.15) is 0 Å². The molecule has 1 aliphatic carbocycles. The Morgan fingerprint density at radius 2 is 2.00 bits per heavy atom. The molecular weight excluding hydrogens is 256 g/mol. The summed E-state index contributed by atoms with van der Waals surface area (Å²) in [4.78, 5) is 11.6. The monoisotopic (exact) mass is 268 g/mol. The van der Waals surface area contributed by atoms with Crippen LogP contribution in [0.1, 0.15) is 26.7 Å². The molecule has 0 aromatic carbocycles. The minimum absolute atomic E-state index is 0.00674. The third-order valence-electron chi connectivity index (χ3n) is 2.35. The van der Waals surface area contributed by atoms with Crippen molar-refractivity contribution in [3.05, 3.63) is 0 Å². The minimum Gasteiger partial charge on any atom is -0.297 e.